The van der Waals surface area contributed by atoms with Crippen LogP contribution in [0.5, 0.6) is 0 Å². The average Bonchev–Trinajstić information content (AvgIpc) is 2.76. The van der Waals surface area contributed by atoms with Gasteiger partial charge in [-0.05, 0) is 18.9 Å². The molecule has 0 radical (unpaired) electrons. The monoisotopic (exact) mass is 443 g/mol. The van der Waals surface area contributed by atoms with E-state index in [9.17, 15) is 36.6 Å². The van der Waals surface area contributed by atoms with Gasteiger partial charge < -0.3 is 15.2 Å². The lowest BCUT2D eigenvalue weighted by atomic mass is 10.0. The normalized spacial score (nSPS) is 12.4. The number of nitrogens with one attached hydrogen (secondary N) is 1. The third kappa shape index (κ3) is 5.46. The van der Waals surface area contributed by atoms with Crippen LogP contribution in [0.25, 0.3) is 0 Å². The van der Waals surface area contributed by atoms with Crippen LogP contribution in [0.15, 0.2) is 42.1 Å². The van der Waals surface area contributed by atoms with Gasteiger partial charge in [0.1, 0.15) is 11.1 Å². The number of carbonyl (C=O) groups excluding carboxylic acids is 2. The Morgan fingerprint density at radius 3 is 2.06 bits per heavy atom. The van der Waals surface area contributed by atoms with Crippen molar-refractivity contribution in [1.29, 1.82) is 0 Å². The maximum atomic E-state index is 14.0. The minimum atomic E-state index is -2.44. The number of ketones is 1. The Labute approximate surface area is 174 Å². The van der Waals surface area contributed by atoms with Gasteiger partial charge in [0.25, 0.3) is 0 Å². The molecule has 0 spiro atoms. The molecular weight excluding hydrogens is 425 g/mol. The van der Waals surface area contributed by atoms with Crippen LogP contribution in [0.2, 0.25) is 0 Å². The molecule has 0 amide bonds. The number of ether oxygens (including phenoxy) is 1. The summed E-state index contributed by atoms with van der Waals surface area (Å²) in [6.45, 7) is 0.698. The standard InChI is InChI=1S/C21H18F5NO4/c1-2-31-21(30)13(9-27-12(10-28)8-11-6-4-3-5-7-11)20(29)14-15(22)17(24)19(26)18(25)16(14)23/h3-7,9,12,27-28H,2,8,10H2,1H3/b13-9+. The van der Waals surface area contributed by atoms with Crippen LogP contribution in [-0.4, -0.2) is 36.1 Å². The summed E-state index contributed by atoms with van der Waals surface area (Å²) in [5, 5.41) is 12.1. The second-order valence-corrected chi connectivity index (χ2v) is 6.29. The van der Waals surface area contributed by atoms with Crippen LogP contribution in [-0.2, 0) is 16.0 Å². The zero-order chi connectivity index (χ0) is 23.1. The Morgan fingerprint density at radius 2 is 1.55 bits per heavy atom. The highest BCUT2D eigenvalue weighted by atomic mass is 19.2. The summed E-state index contributed by atoms with van der Waals surface area (Å²) >= 11 is 0. The molecule has 31 heavy (non-hydrogen) atoms. The largest absolute Gasteiger partial charge is 0.462 e. The van der Waals surface area contributed by atoms with E-state index < -0.39 is 64.6 Å². The number of hydrogen-bond donors (Lipinski definition) is 2. The van der Waals surface area contributed by atoms with Crippen molar-refractivity contribution in [3.05, 3.63) is 82.3 Å². The number of hydrogen-bond acceptors (Lipinski definition) is 5. The van der Waals surface area contributed by atoms with Crippen LogP contribution in [0.1, 0.15) is 22.8 Å². The summed E-state index contributed by atoms with van der Waals surface area (Å²) in [5.74, 6) is -14.9. The van der Waals surface area contributed by atoms with Gasteiger partial charge in [0.2, 0.25) is 11.6 Å². The molecule has 0 saturated heterocycles. The molecule has 2 N–H and O–H groups in total. The molecule has 2 rings (SSSR count). The number of rotatable bonds is 9. The van der Waals surface area contributed by atoms with E-state index in [0.717, 1.165) is 11.8 Å². The molecule has 0 aromatic heterocycles. The summed E-state index contributed by atoms with van der Waals surface area (Å²) < 4.78 is 73.0. The lowest BCUT2D eigenvalue weighted by molar-refractivity contribution is -0.138. The van der Waals surface area contributed by atoms with Crippen molar-refractivity contribution in [2.75, 3.05) is 13.2 Å². The lowest BCUT2D eigenvalue weighted by Crippen LogP contribution is -2.32. The Kier molecular flexibility index (Phi) is 8.26. The van der Waals surface area contributed by atoms with Gasteiger partial charge in [0, 0.05) is 6.20 Å². The van der Waals surface area contributed by atoms with Gasteiger partial charge in [-0.3, -0.25) is 4.79 Å². The highest BCUT2D eigenvalue weighted by Gasteiger charge is 2.33. The smallest absolute Gasteiger partial charge is 0.343 e. The number of benzene rings is 2. The molecule has 1 atom stereocenters. The predicted molar refractivity (Wildman–Crippen MR) is 99.4 cm³/mol. The fraction of sp³-hybridized carbons (Fsp3) is 0.238. The van der Waals surface area contributed by atoms with E-state index in [1.807, 2.05) is 0 Å². The first-order valence-corrected chi connectivity index (χ1v) is 9.07. The Bertz CT molecular complexity index is 966. The van der Waals surface area contributed by atoms with E-state index in [-0.39, 0.29) is 13.0 Å². The summed E-state index contributed by atoms with van der Waals surface area (Å²) in [7, 11) is 0. The van der Waals surface area contributed by atoms with Gasteiger partial charge >= 0.3 is 5.97 Å². The van der Waals surface area contributed by atoms with Crippen LogP contribution in [0, 0.1) is 29.1 Å². The second-order valence-electron chi connectivity index (χ2n) is 6.29. The molecule has 0 aliphatic carbocycles. The number of Topliss-reactive ketones (excluding diaryl/α,β-unsaturated/α-hetero) is 1. The summed E-state index contributed by atoms with van der Waals surface area (Å²) in [6.07, 6.45) is 0.961. The third-order valence-electron chi connectivity index (χ3n) is 4.19. The molecule has 5 nitrogen and oxygen atoms in total. The van der Waals surface area contributed by atoms with Gasteiger partial charge in [0.05, 0.1) is 19.3 Å². The van der Waals surface area contributed by atoms with E-state index in [2.05, 4.69) is 10.1 Å². The van der Waals surface area contributed by atoms with Crippen LogP contribution < -0.4 is 5.32 Å². The summed E-state index contributed by atoms with van der Waals surface area (Å²) in [4.78, 5) is 24.7. The molecule has 0 aliphatic rings. The van der Waals surface area contributed by atoms with Crippen molar-refractivity contribution < 1.29 is 41.4 Å². The fourth-order valence-corrected chi connectivity index (χ4v) is 2.64. The number of halogens is 5. The summed E-state index contributed by atoms with van der Waals surface area (Å²) in [6, 6.07) is 8.02. The molecule has 10 heteroatoms. The van der Waals surface area contributed by atoms with Gasteiger partial charge in [0.15, 0.2) is 23.3 Å². The van der Waals surface area contributed by atoms with Crippen molar-refractivity contribution in [3.63, 3.8) is 0 Å². The van der Waals surface area contributed by atoms with Gasteiger partial charge in [-0.25, -0.2) is 26.7 Å². The molecule has 0 saturated carbocycles. The molecule has 0 heterocycles. The Morgan fingerprint density at radius 1 is 1.00 bits per heavy atom. The fourth-order valence-electron chi connectivity index (χ4n) is 2.64. The molecule has 0 aliphatic heterocycles. The van der Waals surface area contributed by atoms with Crippen molar-refractivity contribution in [2.24, 2.45) is 0 Å². The Hall–Kier alpha value is -3.27. The molecule has 166 valence electrons. The van der Waals surface area contributed by atoms with E-state index in [0.29, 0.717) is 0 Å². The lowest BCUT2D eigenvalue weighted by Gasteiger charge is -2.16. The number of aliphatic hydroxyl groups excluding tert-OH is 1. The maximum Gasteiger partial charge on any atom is 0.343 e. The highest BCUT2D eigenvalue weighted by Crippen LogP contribution is 2.25. The van der Waals surface area contributed by atoms with Crippen LogP contribution >= 0.6 is 0 Å². The molecule has 2 aromatic rings. The zero-order valence-electron chi connectivity index (χ0n) is 16.2. The number of aliphatic hydroxyl groups is 1. The molecule has 0 bridgehead atoms. The third-order valence-corrected chi connectivity index (χ3v) is 4.19. The topological polar surface area (TPSA) is 75.6 Å². The number of carbonyl (C=O) groups is 2. The first-order chi connectivity index (χ1) is 14.7. The van der Waals surface area contributed by atoms with E-state index in [4.69, 9.17) is 0 Å². The first kappa shape index (κ1) is 24.0. The first-order valence-electron chi connectivity index (χ1n) is 9.07. The summed E-state index contributed by atoms with van der Waals surface area (Å²) in [5.41, 5.74) is -2.01. The van der Waals surface area contributed by atoms with Crippen molar-refractivity contribution in [3.8, 4) is 0 Å². The maximum absolute atomic E-state index is 14.0. The molecular formula is C21H18F5NO4. The van der Waals surface area contributed by atoms with Crippen LogP contribution in [0.3, 0.4) is 0 Å². The highest BCUT2D eigenvalue weighted by molar-refractivity contribution is 6.24. The molecule has 1 unspecified atom stereocenters. The minimum Gasteiger partial charge on any atom is -0.462 e. The van der Waals surface area contributed by atoms with Gasteiger partial charge in [-0.15, -0.1) is 0 Å². The van der Waals surface area contributed by atoms with Crippen molar-refractivity contribution in [1.82, 2.24) is 5.32 Å². The Balaban J connectivity index is 2.42. The van der Waals surface area contributed by atoms with E-state index in [1.165, 1.54) is 6.92 Å². The van der Waals surface area contributed by atoms with Crippen molar-refractivity contribution in [2.45, 2.75) is 19.4 Å². The number of esters is 1. The second kappa shape index (κ2) is 10.7. The average molecular weight is 443 g/mol. The van der Waals surface area contributed by atoms with Crippen molar-refractivity contribution >= 4 is 11.8 Å². The predicted octanol–water partition coefficient (Wildman–Crippen LogP) is 3.21. The molecule has 2 aromatic carbocycles. The molecule has 0 fully saturated rings. The van der Waals surface area contributed by atoms with Gasteiger partial charge in [-0.1, -0.05) is 30.3 Å². The van der Waals surface area contributed by atoms with Gasteiger partial charge in [-0.2, -0.15) is 0 Å². The van der Waals surface area contributed by atoms with E-state index >= 15 is 0 Å². The zero-order valence-corrected chi connectivity index (χ0v) is 16.2. The quantitative estimate of drug-likeness (QED) is 0.0910. The van der Waals surface area contributed by atoms with Crippen LogP contribution in [0.4, 0.5) is 22.0 Å². The SMILES string of the molecule is CCOC(=O)/C(=C/NC(CO)Cc1ccccc1)C(=O)c1c(F)c(F)c(F)c(F)c1F. The van der Waals surface area contributed by atoms with E-state index in [1.54, 1.807) is 30.3 Å². The minimum absolute atomic E-state index is 0.228.